The molecule has 104 valence electrons. The minimum atomic E-state index is -0.0171. The van der Waals surface area contributed by atoms with E-state index in [1.807, 2.05) is 32.0 Å². The highest BCUT2D eigenvalue weighted by Gasteiger charge is 2.33. The second-order valence-electron chi connectivity index (χ2n) is 5.55. The van der Waals surface area contributed by atoms with E-state index in [0.29, 0.717) is 12.1 Å². The SMILES string of the molecule is CCNC(=O)c1ccc(NCC2(C)COC2)c(C)c1. The summed E-state index contributed by atoms with van der Waals surface area (Å²) in [5.41, 5.74) is 3.13. The lowest BCUT2D eigenvalue weighted by molar-refractivity contribution is -0.0924. The molecular formula is C15H22N2O2. The first kappa shape index (κ1) is 13.9. The van der Waals surface area contributed by atoms with Crippen LogP contribution in [0.4, 0.5) is 5.69 Å². The second-order valence-corrected chi connectivity index (χ2v) is 5.55. The van der Waals surface area contributed by atoms with Crippen LogP contribution in [-0.2, 0) is 4.74 Å². The zero-order chi connectivity index (χ0) is 13.9. The first-order chi connectivity index (χ1) is 9.04. The molecule has 1 saturated heterocycles. The van der Waals surface area contributed by atoms with E-state index in [-0.39, 0.29) is 11.3 Å². The van der Waals surface area contributed by atoms with Crippen LogP contribution in [0.5, 0.6) is 0 Å². The lowest BCUT2D eigenvalue weighted by Gasteiger charge is -2.38. The van der Waals surface area contributed by atoms with Crippen molar-refractivity contribution in [1.82, 2.24) is 5.32 Å². The predicted octanol–water partition coefficient (Wildman–Crippen LogP) is 2.19. The van der Waals surface area contributed by atoms with E-state index < -0.39 is 0 Å². The second kappa shape index (κ2) is 5.61. The van der Waals surface area contributed by atoms with Crippen LogP contribution in [0.2, 0.25) is 0 Å². The third-order valence-electron chi connectivity index (χ3n) is 3.43. The standard InChI is InChI=1S/C15H22N2O2/c1-4-16-14(18)12-5-6-13(11(2)7-12)17-8-15(3)9-19-10-15/h5-7,17H,4,8-10H2,1-3H3,(H,16,18). The molecule has 0 atom stereocenters. The van der Waals surface area contributed by atoms with E-state index in [2.05, 4.69) is 17.6 Å². The summed E-state index contributed by atoms with van der Waals surface area (Å²) in [5.74, 6) is -0.0171. The minimum absolute atomic E-state index is 0.0171. The first-order valence-electron chi connectivity index (χ1n) is 6.74. The van der Waals surface area contributed by atoms with Crippen molar-refractivity contribution in [2.24, 2.45) is 5.41 Å². The maximum atomic E-state index is 11.7. The van der Waals surface area contributed by atoms with Gasteiger partial charge >= 0.3 is 0 Å². The van der Waals surface area contributed by atoms with E-state index in [4.69, 9.17) is 4.74 Å². The summed E-state index contributed by atoms with van der Waals surface area (Å²) in [6.07, 6.45) is 0. The lowest BCUT2D eigenvalue weighted by Crippen LogP contribution is -2.45. The smallest absolute Gasteiger partial charge is 0.251 e. The molecule has 0 bridgehead atoms. The number of carbonyl (C=O) groups is 1. The molecule has 0 radical (unpaired) electrons. The molecule has 2 rings (SSSR count). The van der Waals surface area contributed by atoms with Gasteiger partial charge in [-0.1, -0.05) is 6.92 Å². The van der Waals surface area contributed by atoms with E-state index in [0.717, 1.165) is 31.0 Å². The number of rotatable bonds is 5. The molecule has 1 aliphatic rings. The Kier molecular flexibility index (Phi) is 4.10. The summed E-state index contributed by atoms with van der Waals surface area (Å²) in [6, 6.07) is 5.76. The average molecular weight is 262 g/mol. The van der Waals surface area contributed by atoms with Gasteiger partial charge in [-0.3, -0.25) is 4.79 Å². The van der Waals surface area contributed by atoms with E-state index in [1.165, 1.54) is 0 Å². The fourth-order valence-electron chi connectivity index (χ4n) is 2.13. The van der Waals surface area contributed by atoms with Crippen molar-refractivity contribution in [3.05, 3.63) is 29.3 Å². The van der Waals surface area contributed by atoms with Crippen molar-refractivity contribution in [2.45, 2.75) is 20.8 Å². The molecule has 0 unspecified atom stereocenters. The molecule has 1 heterocycles. The Bertz CT molecular complexity index is 467. The Morgan fingerprint density at radius 1 is 1.42 bits per heavy atom. The van der Waals surface area contributed by atoms with Gasteiger partial charge in [0.15, 0.2) is 0 Å². The number of aryl methyl sites for hydroxylation is 1. The number of benzene rings is 1. The van der Waals surface area contributed by atoms with Gasteiger partial charge in [-0.2, -0.15) is 0 Å². The van der Waals surface area contributed by atoms with Gasteiger partial charge in [0, 0.05) is 29.8 Å². The van der Waals surface area contributed by atoms with Gasteiger partial charge in [-0.25, -0.2) is 0 Å². The highest BCUT2D eigenvalue weighted by molar-refractivity contribution is 5.94. The highest BCUT2D eigenvalue weighted by Crippen LogP contribution is 2.27. The van der Waals surface area contributed by atoms with E-state index >= 15 is 0 Å². The maximum absolute atomic E-state index is 11.7. The number of carbonyl (C=O) groups excluding carboxylic acids is 1. The molecular weight excluding hydrogens is 240 g/mol. The van der Waals surface area contributed by atoms with Crippen LogP contribution in [0, 0.1) is 12.3 Å². The van der Waals surface area contributed by atoms with Crippen molar-refractivity contribution >= 4 is 11.6 Å². The molecule has 0 aliphatic carbocycles. The fraction of sp³-hybridized carbons (Fsp3) is 0.533. The molecule has 0 spiro atoms. The van der Waals surface area contributed by atoms with Crippen LogP contribution in [-0.4, -0.2) is 32.2 Å². The molecule has 0 saturated carbocycles. The van der Waals surface area contributed by atoms with Gasteiger partial charge in [0.25, 0.3) is 5.91 Å². The number of amides is 1. The van der Waals surface area contributed by atoms with Gasteiger partial charge in [0.2, 0.25) is 0 Å². The van der Waals surface area contributed by atoms with Crippen LogP contribution in [0.1, 0.15) is 29.8 Å². The van der Waals surface area contributed by atoms with Crippen molar-refractivity contribution in [3.63, 3.8) is 0 Å². The molecule has 1 aromatic carbocycles. The molecule has 4 nitrogen and oxygen atoms in total. The van der Waals surface area contributed by atoms with Gasteiger partial charge in [0.1, 0.15) is 0 Å². The van der Waals surface area contributed by atoms with E-state index in [9.17, 15) is 4.79 Å². The fourth-order valence-corrected chi connectivity index (χ4v) is 2.13. The van der Waals surface area contributed by atoms with Crippen LogP contribution in [0.25, 0.3) is 0 Å². The van der Waals surface area contributed by atoms with Crippen LogP contribution < -0.4 is 10.6 Å². The van der Waals surface area contributed by atoms with Crippen molar-refractivity contribution in [2.75, 3.05) is 31.6 Å². The highest BCUT2D eigenvalue weighted by atomic mass is 16.5. The van der Waals surface area contributed by atoms with Gasteiger partial charge in [-0.15, -0.1) is 0 Å². The Balaban J connectivity index is 2.00. The Morgan fingerprint density at radius 2 is 2.16 bits per heavy atom. The molecule has 2 N–H and O–H groups in total. The topological polar surface area (TPSA) is 50.4 Å². The minimum Gasteiger partial charge on any atom is -0.384 e. The predicted molar refractivity (Wildman–Crippen MR) is 76.6 cm³/mol. The third-order valence-corrected chi connectivity index (χ3v) is 3.43. The van der Waals surface area contributed by atoms with Crippen molar-refractivity contribution in [3.8, 4) is 0 Å². The molecule has 1 fully saturated rings. The monoisotopic (exact) mass is 262 g/mol. The van der Waals surface area contributed by atoms with Crippen molar-refractivity contribution in [1.29, 1.82) is 0 Å². The molecule has 4 heteroatoms. The molecule has 1 amide bonds. The Hall–Kier alpha value is -1.55. The quantitative estimate of drug-likeness (QED) is 0.855. The average Bonchev–Trinajstić information content (AvgIpc) is 2.35. The van der Waals surface area contributed by atoms with Gasteiger partial charge in [-0.05, 0) is 37.6 Å². The Morgan fingerprint density at radius 3 is 2.68 bits per heavy atom. The summed E-state index contributed by atoms with van der Waals surface area (Å²) >= 11 is 0. The van der Waals surface area contributed by atoms with E-state index in [1.54, 1.807) is 0 Å². The maximum Gasteiger partial charge on any atom is 0.251 e. The Labute approximate surface area is 114 Å². The first-order valence-corrected chi connectivity index (χ1v) is 6.74. The van der Waals surface area contributed by atoms with Crippen LogP contribution in [0.15, 0.2) is 18.2 Å². The molecule has 0 aromatic heterocycles. The normalized spacial score (nSPS) is 16.6. The number of nitrogens with one attached hydrogen (secondary N) is 2. The summed E-state index contributed by atoms with van der Waals surface area (Å²) in [5, 5.41) is 6.25. The largest absolute Gasteiger partial charge is 0.384 e. The van der Waals surface area contributed by atoms with Crippen LogP contribution in [0.3, 0.4) is 0 Å². The summed E-state index contributed by atoms with van der Waals surface area (Å²) in [4.78, 5) is 11.7. The van der Waals surface area contributed by atoms with Gasteiger partial charge < -0.3 is 15.4 Å². The van der Waals surface area contributed by atoms with Gasteiger partial charge in [0.05, 0.1) is 13.2 Å². The summed E-state index contributed by atoms with van der Waals surface area (Å²) in [6.45, 7) is 9.32. The molecule has 1 aliphatic heterocycles. The molecule has 1 aromatic rings. The number of anilines is 1. The summed E-state index contributed by atoms with van der Waals surface area (Å²) in [7, 11) is 0. The zero-order valence-electron chi connectivity index (χ0n) is 11.9. The zero-order valence-corrected chi connectivity index (χ0v) is 11.9. The summed E-state index contributed by atoms with van der Waals surface area (Å²) < 4.78 is 5.24. The number of hydrogen-bond donors (Lipinski definition) is 2. The lowest BCUT2D eigenvalue weighted by atomic mass is 9.88. The number of ether oxygens (including phenoxy) is 1. The molecule has 19 heavy (non-hydrogen) atoms. The number of hydrogen-bond acceptors (Lipinski definition) is 3. The van der Waals surface area contributed by atoms with Crippen molar-refractivity contribution < 1.29 is 9.53 Å². The van der Waals surface area contributed by atoms with Crippen LogP contribution >= 0.6 is 0 Å². The third kappa shape index (κ3) is 3.26.